The van der Waals surface area contributed by atoms with Crippen LogP contribution in [0.1, 0.15) is 19.8 Å². The summed E-state index contributed by atoms with van der Waals surface area (Å²) >= 11 is 0. The summed E-state index contributed by atoms with van der Waals surface area (Å²) in [4.78, 5) is 10.1. The minimum Gasteiger partial charge on any atom is -0.381 e. The third-order valence-electron chi connectivity index (χ3n) is 2.80. The Kier molecular flexibility index (Phi) is 19.0. The van der Waals surface area contributed by atoms with Crippen LogP contribution in [0, 0.1) is 10.1 Å². The van der Waals surface area contributed by atoms with Crippen LogP contribution in [0.25, 0.3) is 0 Å². The zero-order valence-corrected chi connectivity index (χ0v) is 13.6. The molecular formula is C12H30ClN5O3. The van der Waals surface area contributed by atoms with Gasteiger partial charge in [-0.05, 0) is 39.0 Å². The first-order valence-electron chi connectivity index (χ1n) is 7.25. The van der Waals surface area contributed by atoms with Gasteiger partial charge in [0, 0.05) is 24.9 Å². The van der Waals surface area contributed by atoms with E-state index >= 15 is 0 Å². The highest BCUT2D eigenvalue weighted by Crippen LogP contribution is 1.84. The molecule has 0 fully saturated rings. The smallest absolute Gasteiger partial charge is 0.222 e. The van der Waals surface area contributed by atoms with E-state index in [1.54, 1.807) is 6.92 Å². The average Bonchev–Trinajstić information content (AvgIpc) is 2.43. The van der Waals surface area contributed by atoms with Gasteiger partial charge in [-0.3, -0.25) is 15.4 Å². The summed E-state index contributed by atoms with van der Waals surface area (Å²) in [6.07, 6.45) is 1.96. The van der Waals surface area contributed by atoms with Crippen LogP contribution >= 0.6 is 12.4 Å². The molecule has 0 aromatic carbocycles. The first-order chi connectivity index (χ1) is 9.68. The van der Waals surface area contributed by atoms with Crippen molar-refractivity contribution in [3.05, 3.63) is 10.1 Å². The van der Waals surface area contributed by atoms with Gasteiger partial charge in [0.1, 0.15) is 0 Å². The molecule has 0 saturated carbocycles. The van der Waals surface area contributed by atoms with Crippen molar-refractivity contribution >= 4 is 12.4 Å². The molecule has 0 aliphatic rings. The van der Waals surface area contributed by atoms with Crippen LogP contribution in [0.2, 0.25) is 0 Å². The fourth-order valence-electron chi connectivity index (χ4n) is 1.57. The Morgan fingerprint density at radius 3 is 1.90 bits per heavy atom. The number of aliphatic hydroxyl groups is 1. The highest BCUT2D eigenvalue weighted by molar-refractivity contribution is 5.85. The van der Waals surface area contributed by atoms with E-state index in [-0.39, 0.29) is 24.1 Å². The average molecular weight is 328 g/mol. The fraction of sp³-hybridized carbons (Fsp3) is 1.00. The summed E-state index contributed by atoms with van der Waals surface area (Å²) in [5.41, 5.74) is 0. The van der Waals surface area contributed by atoms with Crippen molar-refractivity contribution < 1.29 is 10.0 Å². The molecule has 0 heterocycles. The summed E-state index contributed by atoms with van der Waals surface area (Å²) in [5, 5.41) is 31.4. The molecule has 8 nitrogen and oxygen atoms in total. The molecule has 0 aromatic heterocycles. The van der Waals surface area contributed by atoms with Crippen molar-refractivity contribution in [3.8, 4) is 0 Å². The van der Waals surface area contributed by atoms with Crippen LogP contribution < -0.4 is 21.3 Å². The van der Waals surface area contributed by atoms with Crippen molar-refractivity contribution in [1.29, 1.82) is 0 Å². The molecule has 0 rings (SSSR count). The van der Waals surface area contributed by atoms with E-state index in [0.717, 1.165) is 52.1 Å². The second-order valence-corrected chi connectivity index (χ2v) is 4.70. The van der Waals surface area contributed by atoms with Gasteiger partial charge in [-0.1, -0.05) is 0 Å². The topological polar surface area (TPSA) is 111 Å². The fourth-order valence-corrected chi connectivity index (χ4v) is 1.57. The highest BCUT2D eigenvalue weighted by atomic mass is 35.5. The lowest BCUT2D eigenvalue weighted by molar-refractivity contribution is -0.515. The van der Waals surface area contributed by atoms with Gasteiger partial charge in [-0.25, -0.2) is 0 Å². The zero-order valence-electron chi connectivity index (χ0n) is 12.8. The molecule has 0 radical (unpaired) electrons. The summed E-state index contributed by atoms with van der Waals surface area (Å²) in [6, 6.07) is -0.521. The van der Waals surface area contributed by atoms with Gasteiger partial charge in [0.2, 0.25) is 6.04 Å². The van der Waals surface area contributed by atoms with E-state index in [0.29, 0.717) is 6.54 Å². The van der Waals surface area contributed by atoms with Crippen molar-refractivity contribution in [1.82, 2.24) is 21.3 Å². The van der Waals surface area contributed by atoms with E-state index in [4.69, 9.17) is 5.11 Å². The quantitative estimate of drug-likeness (QED) is 0.115. The molecule has 21 heavy (non-hydrogen) atoms. The van der Waals surface area contributed by atoms with E-state index in [1.807, 2.05) is 0 Å². The summed E-state index contributed by atoms with van der Waals surface area (Å²) in [5.74, 6) is 0. The third-order valence-corrected chi connectivity index (χ3v) is 2.80. The normalized spacial score (nSPS) is 11.9. The van der Waals surface area contributed by atoms with Crippen LogP contribution in [-0.4, -0.2) is 68.6 Å². The van der Waals surface area contributed by atoms with Crippen LogP contribution in [-0.2, 0) is 0 Å². The third kappa shape index (κ3) is 17.4. The summed E-state index contributed by atoms with van der Waals surface area (Å²) in [7, 11) is 0. The predicted molar refractivity (Wildman–Crippen MR) is 86.6 cm³/mol. The molecule has 0 amide bonds. The molecule has 5 N–H and O–H groups in total. The SMILES string of the molecule is CC(CNCCCNCCNCCCNCO)[N+](=O)[O-].Cl. The minimum absolute atomic E-state index is 0. The standard InChI is InChI=1S/C12H29N5O3.ClH/c1-12(17(19)20)10-15-6-2-4-13-8-9-14-5-3-7-16-11-18;/h12-16,18H,2-11H2,1H3;1H. The van der Waals surface area contributed by atoms with Crippen molar-refractivity contribution in [2.24, 2.45) is 0 Å². The number of rotatable bonds is 15. The molecule has 0 aromatic rings. The van der Waals surface area contributed by atoms with Crippen LogP contribution in [0.4, 0.5) is 0 Å². The Balaban J connectivity index is 0. The summed E-state index contributed by atoms with van der Waals surface area (Å²) in [6.45, 7) is 7.38. The van der Waals surface area contributed by atoms with Crippen molar-refractivity contribution in [3.63, 3.8) is 0 Å². The maximum absolute atomic E-state index is 10.4. The van der Waals surface area contributed by atoms with Gasteiger partial charge in [0.05, 0.1) is 13.3 Å². The second kappa shape index (κ2) is 17.5. The van der Waals surface area contributed by atoms with E-state index < -0.39 is 6.04 Å². The lowest BCUT2D eigenvalue weighted by Crippen LogP contribution is -2.33. The molecule has 0 bridgehead atoms. The highest BCUT2D eigenvalue weighted by Gasteiger charge is 2.10. The molecular weight excluding hydrogens is 298 g/mol. The van der Waals surface area contributed by atoms with Crippen molar-refractivity contribution in [2.45, 2.75) is 25.8 Å². The van der Waals surface area contributed by atoms with Crippen LogP contribution in [0.3, 0.4) is 0 Å². The molecule has 1 atom stereocenters. The van der Waals surface area contributed by atoms with Gasteiger partial charge < -0.3 is 21.1 Å². The Labute approximate surface area is 133 Å². The first-order valence-corrected chi connectivity index (χ1v) is 7.25. The lowest BCUT2D eigenvalue weighted by Gasteiger charge is -2.08. The number of nitrogens with one attached hydrogen (secondary N) is 4. The van der Waals surface area contributed by atoms with E-state index in [9.17, 15) is 10.1 Å². The maximum atomic E-state index is 10.4. The Bertz CT molecular complexity index is 237. The Morgan fingerprint density at radius 1 is 0.952 bits per heavy atom. The lowest BCUT2D eigenvalue weighted by atomic mass is 10.3. The molecule has 0 aliphatic heterocycles. The van der Waals surface area contributed by atoms with Gasteiger partial charge in [0.25, 0.3) is 0 Å². The number of hydrogen-bond acceptors (Lipinski definition) is 7. The van der Waals surface area contributed by atoms with Gasteiger partial charge in [-0.15, -0.1) is 12.4 Å². The number of halogens is 1. The van der Waals surface area contributed by atoms with Gasteiger partial charge in [0.15, 0.2) is 0 Å². The predicted octanol–water partition coefficient (Wildman–Crippen LogP) is -0.838. The van der Waals surface area contributed by atoms with Gasteiger partial charge in [-0.2, -0.15) is 0 Å². The first kappa shape index (κ1) is 22.8. The molecule has 0 spiro atoms. The monoisotopic (exact) mass is 327 g/mol. The summed E-state index contributed by atoms with van der Waals surface area (Å²) < 4.78 is 0. The van der Waals surface area contributed by atoms with Crippen LogP contribution in [0.15, 0.2) is 0 Å². The van der Waals surface area contributed by atoms with E-state index in [2.05, 4.69) is 21.3 Å². The maximum Gasteiger partial charge on any atom is 0.222 e. The number of aliphatic hydroxyl groups excluding tert-OH is 1. The molecule has 9 heteroatoms. The Hall–Kier alpha value is -0.510. The second-order valence-electron chi connectivity index (χ2n) is 4.70. The van der Waals surface area contributed by atoms with Crippen molar-refractivity contribution in [2.75, 3.05) is 52.5 Å². The number of nitro groups is 1. The molecule has 1 unspecified atom stereocenters. The minimum atomic E-state index is -0.521. The molecule has 0 aliphatic carbocycles. The molecule has 128 valence electrons. The number of nitrogens with zero attached hydrogens (tertiary/aromatic N) is 1. The Morgan fingerprint density at radius 2 is 1.43 bits per heavy atom. The van der Waals surface area contributed by atoms with Crippen LogP contribution in [0.5, 0.6) is 0 Å². The van der Waals surface area contributed by atoms with Gasteiger partial charge >= 0.3 is 0 Å². The largest absolute Gasteiger partial charge is 0.381 e. The zero-order chi connectivity index (χ0) is 15.1. The number of hydrogen-bond donors (Lipinski definition) is 5. The molecule has 0 saturated heterocycles. The van der Waals surface area contributed by atoms with E-state index in [1.165, 1.54) is 0 Å².